The van der Waals surface area contributed by atoms with E-state index in [1.807, 2.05) is 0 Å². The second-order valence-corrected chi connectivity index (χ2v) is 5.02. The van der Waals surface area contributed by atoms with Crippen LogP contribution in [-0.2, 0) is 4.74 Å². The van der Waals surface area contributed by atoms with Crippen LogP contribution in [0.1, 0.15) is 11.5 Å². The smallest absolute Gasteiger partial charge is 0.410 e. The van der Waals surface area contributed by atoms with Crippen LogP contribution in [0.5, 0.6) is 5.75 Å². The third-order valence-corrected chi connectivity index (χ3v) is 2.99. The van der Waals surface area contributed by atoms with E-state index in [0.29, 0.717) is 0 Å². The van der Waals surface area contributed by atoms with E-state index >= 15 is 0 Å². The van der Waals surface area contributed by atoms with Gasteiger partial charge in [-0.2, -0.15) is 0 Å². The Hall–Kier alpha value is -2.20. The number of para-hydroxylation sites is 1. The summed E-state index contributed by atoms with van der Waals surface area (Å²) in [6.45, 7) is 0. The lowest BCUT2D eigenvalue weighted by Gasteiger charge is -2.29. The Labute approximate surface area is 132 Å². The van der Waals surface area contributed by atoms with Crippen molar-refractivity contribution in [3.05, 3.63) is 53.8 Å². The number of ether oxygens (including phenoxy) is 2. The predicted octanol–water partition coefficient (Wildman–Crippen LogP) is 3.27. The van der Waals surface area contributed by atoms with Crippen LogP contribution in [0.3, 0.4) is 0 Å². The molecule has 10 heteroatoms. The number of allylic oxidation sites excluding steroid dienone is 1. The Balaban J connectivity index is 2.45. The first-order valence-corrected chi connectivity index (χ1v) is 6.47. The fraction of sp³-hybridized carbons (Fsp3) is 0.286. The first-order chi connectivity index (χ1) is 10.9. The summed E-state index contributed by atoms with van der Waals surface area (Å²) in [5.41, 5.74) is 9.14. The molecule has 0 aliphatic heterocycles. The van der Waals surface area contributed by atoms with Crippen molar-refractivity contribution in [3.63, 3.8) is 0 Å². The maximum Gasteiger partial charge on any atom is 0.573 e. The molecule has 0 spiro atoms. The lowest BCUT2D eigenvalue weighted by atomic mass is 9.89. The number of hydrogen-bond acceptors (Lipinski definition) is 4. The van der Waals surface area contributed by atoms with Crippen molar-refractivity contribution in [1.82, 2.24) is 0 Å². The average molecular weight is 354 g/mol. The van der Waals surface area contributed by atoms with Crippen molar-refractivity contribution < 1.29 is 35.8 Å². The molecule has 0 saturated heterocycles. The predicted molar refractivity (Wildman–Crippen MR) is 71.3 cm³/mol. The van der Waals surface area contributed by atoms with Crippen LogP contribution in [0, 0.1) is 0 Å². The van der Waals surface area contributed by atoms with E-state index in [-0.39, 0.29) is 5.56 Å². The number of alkyl halides is 6. The molecule has 0 radical (unpaired) electrons. The maximum absolute atomic E-state index is 12.6. The summed E-state index contributed by atoms with van der Waals surface area (Å²) in [6.07, 6.45) is -7.00. The molecule has 1 aromatic carbocycles. The zero-order valence-electron chi connectivity index (χ0n) is 11.9. The van der Waals surface area contributed by atoms with Gasteiger partial charge in [-0.3, -0.25) is 0 Å². The molecule has 0 bridgehead atoms. The zero-order chi connectivity index (χ0) is 18.2. The minimum absolute atomic E-state index is 0.183. The van der Waals surface area contributed by atoms with Crippen LogP contribution >= 0.6 is 0 Å². The number of rotatable bonds is 3. The van der Waals surface area contributed by atoms with Crippen LogP contribution in [0.15, 0.2) is 48.3 Å². The minimum Gasteiger partial charge on any atom is -0.410 e. The number of nitrogens with two attached hydrogens (primary N) is 2. The molecule has 1 aromatic rings. The fourth-order valence-electron chi connectivity index (χ4n) is 2.18. The molecular formula is C14H12F6N2O2. The van der Waals surface area contributed by atoms with Crippen LogP contribution in [0.4, 0.5) is 26.3 Å². The maximum atomic E-state index is 12.6. The van der Waals surface area contributed by atoms with Gasteiger partial charge in [0, 0.05) is 5.56 Å². The van der Waals surface area contributed by atoms with Crippen LogP contribution in [-0.4, -0.2) is 18.4 Å². The van der Waals surface area contributed by atoms with Crippen molar-refractivity contribution >= 4 is 0 Å². The van der Waals surface area contributed by atoms with Crippen molar-refractivity contribution in [2.45, 2.75) is 24.3 Å². The van der Waals surface area contributed by atoms with Gasteiger partial charge in [0.25, 0.3) is 0 Å². The van der Waals surface area contributed by atoms with E-state index in [2.05, 4.69) is 9.47 Å². The van der Waals surface area contributed by atoms with Crippen LogP contribution in [0.25, 0.3) is 0 Å². The van der Waals surface area contributed by atoms with Gasteiger partial charge < -0.3 is 20.9 Å². The minimum atomic E-state index is -5.06. The van der Waals surface area contributed by atoms with Gasteiger partial charge in [-0.15, -0.1) is 26.3 Å². The molecule has 0 fully saturated rings. The molecular weight excluding hydrogens is 342 g/mol. The van der Waals surface area contributed by atoms with E-state index in [1.54, 1.807) is 0 Å². The molecule has 1 aliphatic carbocycles. The SMILES string of the molecule is NC1(N)C=CC(c2ccccc2OC(F)(F)F)C(OC(F)(F)F)=C1. The molecule has 0 heterocycles. The lowest BCUT2D eigenvalue weighted by molar-refractivity contribution is -0.307. The second kappa shape index (κ2) is 6.02. The van der Waals surface area contributed by atoms with Gasteiger partial charge in [0.2, 0.25) is 0 Å². The van der Waals surface area contributed by atoms with E-state index in [9.17, 15) is 26.3 Å². The first kappa shape index (κ1) is 18.1. The first-order valence-electron chi connectivity index (χ1n) is 6.47. The van der Waals surface area contributed by atoms with Gasteiger partial charge in [0.15, 0.2) is 0 Å². The quantitative estimate of drug-likeness (QED) is 0.497. The van der Waals surface area contributed by atoms with E-state index in [1.165, 1.54) is 18.2 Å². The molecule has 0 saturated carbocycles. The summed E-state index contributed by atoms with van der Waals surface area (Å²) in [5.74, 6) is -2.70. The molecule has 1 atom stereocenters. The van der Waals surface area contributed by atoms with Crippen molar-refractivity contribution in [2.24, 2.45) is 11.5 Å². The monoisotopic (exact) mass is 354 g/mol. The molecule has 24 heavy (non-hydrogen) atoms. The standard InChI is InChI=1S/C14H12F6N2O2/c15-13(16,17)23-10-4-2-1-3-8(10)9-5-6-12(21,22)7-11(9)24-14(18,19)20/h1-7,9H,21-22H2. The third kappa shape index (κ3) is 4.90. The molecule has 0 amide bonds. The van der Waals surface area contributed by atoms with E-state index in [0.717, 1.165) is 24.3 Å². The summed E-state index contributed by atoms with van der Waals surface area (Å²) >= 11 is 0. The second-order valence-electron chi connectivity index (χ2n) is 5.02. The van der Waals surface area contributed by atoms with Gasteiger partial charge in [-0.05, 0) is 18.2 Å². The Morgan fingerprint density at radius 2 is 1.50 bits per heavy atom. The van der Waals surface area contributed by atoms with Gasteiger partial charge in [0.05, 0.1) is 5.92 Å². The molecule has 0 aromatic heterocycles. The highest BCUT2D eigenvalue weighted by atomic mass is 19.4. The summed E-state index contributed by atoms with van der Waals surface area (Å²) < 4.78 is 82.9. The van der Waals surface area contributed by atoms with Crippen molar-refractivity contribution in [2.75, 3.05) is 0 Å². The highest BCUT2D eigenvalue weighted by molar-refractivity contribution is 5.45. The Kier molecular flexibility index (Phi) is 4.55. The zero-order valence-corrected chi connectivity index (χ0v) is 11.9. The summed E-state index contributed by atoms with van der Waals surface area (Å²) in [7, 11) is 0. The molecule has 132 valence electrons. The van der Waals surface area contributed by atoms with Gasteiger partial charge >= 0.3 is 12.7 Å². The number of halogens is 6. The Morgan fingerprint density at radius 3 is 2.08 bits per heavy atom. The van der Waals surface area contributed by atoms with E-state index < -0.39 is 35.8 Å². The van der Waals surface area contributed by atoms with Crippen molar-refractivity contribution in [1.29, 1.82) is 0 Å². The Morgan fingerprint density at radius 1 is 0.917 bits per heavy atom. The highest BCUT2D eigenvalue weighted by Crippen LogP contribution is 2.40. The lowest BCUT2D eigenvalue weighted by Crippen LogP contribution is -2.47. The topological polar surface area (TPSA) is 70.5 Å². The number of hydrogen-bond donors (Lipinski definition) is 2. The highest BCUT2D eigenvalue weighted by Gasteiger charge is 2.39. The average Bonchev–Trinajstić information content (AvgIpc) is 2.35. The molecule has 4 N–H and O–H groups in total. The van der Waals surface area contributed by atoms with Crippen LogP contribution in [0.2, 0.25) is 0 Å². The summed E-state index contributed by atoms with van der Waals surface area (Å²) in [6, 6.07) is 4.77. The van der Waals surface area contributed by atoms with Gasteiger partial charge in [-0.25, -0.2) is 0 Å². The summed E-state index contributed by atoms with van der Waals surface area (Å²) in [4.78, 5) is 0. The largest absolute Gasteiger partial charge is 0.573 e. The Bertz CT molecular complexity index is 664. The summed E-state index contributed by atoms with van der Waals surface area (Å²) in [5, 5.41) is 0. The molecule has 4 nitrogen and oxygen atoms in total. The molecule has 1 unspecified atom stereocenters. The van der Waals surface area contributed by atoms with E-state index in [4.69, 9.17) is 11.5 Å². The number of benzene rings is 1. The van der Waals surface area contributed by atoms with Gasteiger partial charge in [-0.1, -0.05) is 24.3 Å². The molecule has 2 rings (SSSR count). The fourth-order valence-corrected chi connectivity index (χ4v) is 2.18. The third-order valence-electron chi connectivity index (χ3n) is 2.99. The van der Waals surface area contributed by atoms with Crippen molar-refractivity contribution in [3.8, 4) is 5.75 Å². The van der Waals surface area contributed by atoms with Crippen LogP contribution < -0.4 is 16.2 Å². The molecule has 1 aliphatic rings. The normalized spacial score (nSPS) is 20.5. The van der Waals surface area contributed by atoms with Gasteiger partial charge in [0.1, 0.15) is 17.2 Å².